The van der Waals surface area contributed by atoms with E-state index in [1.54, 1.807) is 0 Å². The number of thiazole rings is 1. The van der Waals surface area contributed by atoms with Crippen LogP contribution in [0.25, 0.3) is 4.96 Å². The summed E-state index contributed by atoms with van der Waals surface area (Å²) < 4.78 is 1.94. The molecular formula is C15H23N5OS. The Morgan fingerprint density at radius 3 is 2.73 bits per heavy atom. The summed E-state index contributed by atoms with van der Waals surface area (Å²) in [4.78, 5) is 16.3. The second kappa shape index (κ2) is 6.75. The van der Waals surface area contributed by atoms with Crippen LogP contribution in [0.4, 0.5) is 0 Å². The number of nitrogens with zero attached hydrogens (tertiary/aromatic N) is 4. The van der Waals surface area contributed by atoms with Gasteiger partial charge in [-0.2, -0.15) is 0 Å². The number of amides is 1. The van der Waals surface area contributed by atoms with Gasteiger partial charge >= 0.3 is 0 Å². The number of carbonyl (C=O) groups is 1. The molecule has 2 aromatic heterocycles. The summed E-state index contributed by atoms with van der Waals surface area (Å²) in [5.74, 6) is 0.835. The van der Waals surface area contributed by atoms with Gasteiger partial charge in [-0.15, -0.1) is 10.2 Å². The number of aromatic nitrogens is 3. The van der Waals surface area contributed by atoms with Gasteiger partial charge in [0.15, 0.2) is 0 Å². The van der Waals surface area contributed by atoms with E-state index in [1.807, 2.05) is 18.2 Å². The van der Waals surface area contributed by atoms with E-state index in [1.165, 1.54) is 37.3 Å². The molecule has 1 saturated heterocycles. The topological polar surface area (TPSA) is 62.5 Å². The lowest BCUT2D eigenvalue weighted by Gasteiger charge is -2.13. The van der Waals surface area contributed by atoms with Crippen LogP contribution in [0.5, 0.6) is 0 Å². The third-order valence-corrected chi connectivity index (χ3v) is 5.38. The molecule has 0 saturated carbocycles. The van der Waals surface area contributed by atoms with Gasteiger partial charge in [0.2, 0.25) is 4.96 Å². The Morgan fingerprint density at radius 1 is 1.23 bits per heavy atom. The summed E-state index contributed by atoms with van der Waals surface area (Å²) in [5, 5.41) is 11.1. The lowest BCUT2D eigenvalue weighted by atomic mass is 10.3. The van der Waals surface area contributed by atoms with Crippen molar-refractivity contribution in [3.63, 3.8) is 0 Å². The van der Waals surface area contributed by atoms with E-state index in [-0.39, 0.29) is 5.91 Å². The Morgan fingerprint density at radius 2 is 2.00 bits per heavy atom. The standard InChI is InChI=1S/C15H23N5OS/c1-11-13(22-15-18-17-12(2)20(11)15)14(21)16-7-3-4-8-19-9-5-6-10-19/h3-10H2,1-2H3,(H,16,21). The lowest BCUT2D eigenvalue weighted by Crippen LogP contribution is -2.26. The molecule has 0 radical (unpaired) electrons. The summed E-state index contributed by atoms with van der Waals surface area (Å²) in [6.45, 7) is 8.24. The number of unbranched alkanes of at least 4 members (excludes halogenated alkanes) is 1. The Labute approximate surface area is 134 Å². The molecule has 1 N–H and O–H groups in total. The van der Waals surface area contributed by atoms with Crippen LogP contribution in [0.2, 0.25) is 0 Å². The molecule has 6 nitrogen and oxygen atoms in total. The molecule has 22 heavy (non-hydrogen) atoms. The highest BCUT2D eigenvalue weighted by atomic mass is 32.1. The summed E-state index contributed by atoms with van der Waals surface area (Å²) in [7, 11) is 0. The molecule has 3 rings (SSSR count). The molecule has 2 aromatic rings. The first-order valence-corrected chi connectivity index (χ1v) is 8.80. The molecule has 0 atom stereocenters. The van der Waals surface area contributed by atoms with E-state index in [0.717, 1.165) is 47.3 Å². The van der Waals surface area contributed by atoms with Crippen LogP contribution < -0.4 is 5.32 Å². The number of aryl methyl sites for hydroxylation is 2. The fourth-order valence-electron chi connectivity index (χ4n) is 3.02. The highest BCUT2D eigenvalue weighted by molar-refractivity contribution is 7.19. The first-order chi connectivity index (χ1) is 10.7. The number of likely N-dealkylation sites (tertiary alicyclic amines) is 1. The van der Waals surface area contributed by atoms with Gasteiger partial charge in [0.25, 0.3) is 5.91 Å². The SMILES string of the molecule is Cc1nnc2sc(C(=O)NCCCCN3CCCC3)c(C)n12. The molecule has 1 aliphatic rings. The zero-order chi connectivity index (χ0) is 15.5. The van der Waals surface area contributed by atoms with Gasteiger partial charge in [0, 0.05) is 12.2 Å². The first kappa shape index (κ1) is 15.4. The largest absolute Gasteiger partial charge is 0.351 e. The van der Waals surface area contributed by atoms with Crippen molar-refractivity contribution in [2.24, 2.45) is 0 Å². The number of nitrogens with one attached hydrogen (secondary N) is 1. The summed E-state index contributed by atoms with van der Waals surface area (Å²) in [5.41, 5.74) is 0.928. The summed E-state index contributed by atoms with van der Waals surface area (Å²) in [6.07, 6.45) is 4.86. The normalized spacial score (nSPS) is 15.7. The van der Waals surface area contributed by atoms with E-state index in [9.17, 15) is 4.79 Å². The third-order valence-electron chi connectivity index (χ3n) is 4.24. The molecule has 120 valence electrons. The molecule has 0 aromatic carbocycles. The van der Waals surface area contributed by atoms with Gasteiger partial charge in [-0.05, 0) is 59.2 Å². The Balaban J connectivity index is 1.47. The predicted molar refractivity (Wildman–Crippen MR) is 87.6 cm³/mol. The molecule has 0 unspecified atom stereocenters. The second-order valence-electron chi connectivity index (χ2n) is 5.89. The lowest BCUT2D eigenvalue weighted by molar-refractivity contribution is 0.0956. The number of rotatable bonds is 6. The average molecular weight is 321 g/mol. The van der Waals surface area contributed by atoms with Crippen molar-refractivity contribution in [2.45, 2.75) is 39.5 Å². The van der Waals surface area contributed by atoms with Crippen molar-refractivity contribution in [1.82, 2.24) is 24.8 Å². The Bertz CT molecular complexity index is 656. The van der Waals surface area contributed by atoms with Crippen LogP contribution in [0.15, 0.2) is 0 Å². The first-order valence-electron chi connectivity index (χ1n) is 7.98. The van der Waals surface area contributed by atoms with Crippen molar-refractivity contribution in [3.8, 4) is 0 Å². The average Bonchev–Trinajstić information content (AvgIpc) is 3.19. The fraction of sp³-hybridized carbons (Fsp3) is 0.667. The van der Waals surface area contributed by atoms with Crippen LogP contribution in [0, 0.1) is 13.8 Å². The zero-order valence-corrected chi connectivity index (χ0v) is 14.1. The molecular weight excluding hydrogens is 298 g/mol. The third kappa shape index (κ3) is 3.15. The van der Waals surface area contributed by atoms with Gasteiger partial charge in [0.1, 0.15) is 10.7 Å². The molecule has 1 amide bonds. The van der Waals surface area contributed by atoms with Crippen LogP contribution in [0.1, 0.15) is 46.9 Å². The predicted octanol–water partition coefficient (Wildman–Crippen LogP) is 2.01. The van der Waals surface area contributed by atoms with Crippen molar-refractivity contribution in [3.05, 3.63) is 16.4 Å². The minimum atomic E-state index is 0.00794. The highest BCUT2D eigenvalue weighted by Crippen LogP contribution is 2.22. The van der Waals surface area contributed by atoms with Gasteiger partial charge in [-0.3, -0.25) is 9.20 Å². The molecule has 0 aliphatic carbocycles. The Kier molecular flexibility index (Phi) is 4.73. The van der Waals surface area contributed by atoms with Gasteiger partial charge in [-0.25, -0.2) is 0 Å². The van der Waals surface area contributed by atoms with Crippen molar-refractivity contribution in [1.29, 1.82) is 0 Å². The van der Waals surface area contributed by atoms with Crippen LogP contribution in [-0.4, -0.2) is 51.6 Å². The van der Waals surface area contributed by atoms with Gasteiger partial charge < -0.3 is 10.2 Å². The molecule has 3 heterocycles. The molecule has 0 bridgehead atoms. The molecule has 7 heteroatoms. The maximum absolute atomic E-state index is 12.3. The number of fused-ring (bicyclic) bond motifs is 1. The number of hydrogen-bond donors (Lipinski definition) is 1. The van der Waals surface area contributed by atoms with Crippen molar-refractivity contribution in [2.75, 3.05) is 26.2 Å². The maximum atomic E-state index is 12.3. The smallest absolute Gasteiger partial charge is 0.263 e. The van der Waals surface area contributed by atoms with Crippen LogP contribution in [0.3, 0.4) is 0 Å². The van der Waals surface area contributed by atoms with E-state index < -0.39 is 0 Å². The van der Waals surface area contributed by atoms with Crippen LogP contribution in [-0.2, 0) is 0 Å². The minimum Gasteiger partial charge on any atom is -0.351 e. The monoisotopic (exact) mass is 321 g/mol. The van der Waals surface area contributed by atoms with Crippen LogP contribution >= 0.6 is 11.3 Å². The molecule has 1 fully saturated rings. The quantitative estimate of drug-likeness (QED) is 0.827. The second-order valence-corrected chi connectivity index (χ2v) is 6.87. The van der Waals surface area contributed by atoms with Crippen molar-refractivity contribution >= 4 is 22.2 Å². The van der Waals surface area contributed by atoms with E-state index >= 15 is 0 Å². The van der Waals surface area contributed by atoms with Gasteiger partial charge in [0.05, 0.1) is 0 Å². The van der Waals surface area contributed by atoms with Crippen molar-refractivity contribution < 1.29 is 4.79 Å². The molecule has 0 spiro atoms. The van der Waals surface area contributed by atoms with E-state index in [4.69, 9.17) is 0 Å². The fourth-order valence-corrected chi connectivity index (χ4v) is 4.05. The highest BCUT2D eigenvalue weighted by Gasteiger charge is 2.18. The Hall–Kier alpha value is -1.47. The van der Waals surface area contributed by atoms with E-state index in [0.29, 0.717) is 0 Å². The number of hydrogen-bond acceptors (Lipinski definition) is 5. The summed E-state index contributed by atoms with van der Waals surface area (Å²) >= 11 is 1.41. The number of carbonyl (C=O) groups excluding carboxylic acids is 1. The van der Waals surface area contributed by atoms with E-state index in [2.05, 4.69) is 20.4 Å². The zero-order valence-electron chi connectivity index (χ0n) is 13.3. The summed E-state index contributed by atoms with van der Waals surface area (Å²) in [6, 6.07) is 0. The maximum Gasteiger partial charge on any atom is 0.263 e. The molecule has 1 aliphatic heterocycles. The minimum absolute atomic E-state index is 0.00794. The van der Waals surface area contributed by atoms with Gasteiger partial charge in [-0.1, -0.05) is 11.3 Å².